The van der Waals surface area contributed by atoms with Crippen LogP contribution in [-0.4, -0.2) is 41.6 Å². The minimum Gasteiger partial charge on any atom is -0.490 e. The lowest BCUT2D eigenvalue weighted by Crippen LogP contribution is -2.45. The minimum atomic E-state index is -0.917. The second kappa shape index (κ2) is 13.3. The molecule has 1 unspecified atom stereocenters. The van der Waals surface area contributed by atoms with Crippen LogP contribution < -0.4 is 31.4 Å². The molecule has 0 radical (unpaired) electrons. The fraction of sp³-hybridized carbons (Fsp3) is 0.259. The number of amidine groups is 1. The molecule has 11 heteroatoms. The van der Waals surface area contributed by atoms with Crippen molar-refractivity contribution in [2.75, 3.05) is 18.2 Å². The monoisotopic (exact) mass is 536 g/mol. The van der Waals surface area contributed by atoms with Gasteiger partial charge in [-0.1, -0.05) is 6.07 Å². The molecular weight excluding hydrogens is 504 g/mol. The summed E-state index contributed by atoms with van der Waals surface area (Å²) in [5.74, 6) is -0.00504. The van der Waals surface area contributed by atoms with Crippen molar-refractivity contribution in [2.45, 2.75) is 37.9 Å². The lowest BCUT2D eigenvalue weighted by molar-refractivity contribution is -0.122. The van der Waals surface area contributed by atoms with Gasteiger partial charge in [0.25, 0.3) is 11.8 Å². The van der Waals surface area contributed by atoms with Crippen LogP contribution in [0.15, 0.2) is 65.8 Å². The highest BCUT2D eigenvalue weighted by molar-refractivity contribution is 7.98. The topological polar surface area (TPSA) is 151 Å². The molecule has 2 amide bonds. The summed E-state index contributed by atoms with van der Waals surface area (Å²) in [4.78, 5) is 30.4. The van der Waals surface area contributed by atoms with E-state index >= 15 is 0 Å². The maximum Gasteiger partial charge on any atom is 0.272 e. The molecule has 0 bridgehead atoms. The van der Waals surface area contributed by atoms with Crippen molar-refractivity contribution in [3.8, 4) is 11.5 Å². The van der Waals surface area contributed by atoms with Gasteiger partial charge in [0.1, 0.15) is 16.9 Å². The molecule has 0 saturated carbocycles. The highest BCUT2D eigenvalue weighted by atomic mass is 32.2. The Hall–Kier alpha value is -4.25. The number of ether oxygens (including phenoxy) is 2. The van der Waals surface area contributed by atoms with Crippen molar-refractivity contribution < 1.29 is 19.1 Å². The predicted octanol–water partition coefficient (Wildman–Crippen LogP) is 3.89. The van der Waals surface area contributed by atoms with Crippen LogP contribution in [-0.2, 0) is 4.79 Å². The van der Waals surface area contributed by atoms with Gasteiger partial charge in [0, 0.05) is 17.4 Å². The minimum absolute atomic E-state index is 0.0596. The van der Waals surface area contributed by atoms with Crippen LogP contribution in [0.4, 0.5) is 5.69 Å². The standard InChI is InChI=1S/C27H32N6O4S/c1-5-36-22-15-18(10-13-21(22)37-16(2)3)23(31-19-11-8-17(9-12-19)24(28)29)26(35)33-32-25(34)20-7-6-14-30-27(20)38-4/h6-16,23,31H,5H2,1-4H3,(H3,28,29)(H,32,34)(H,33,35). The van der Waals surface area contributed by atoms with E-state index in [1.165, 1.54) is 11.8 Å². The number of nitrogens with one attached hydrogen (secondary N) is 4. The maximum absolute atomic E-state index is 13.4. The summed E-state index contributed by atoms with van der Waals surface area (Å²) in [6.07, 6.45) is 3.35. The van der Waals surface area contributed by atoms with E-state index in [2.05, 4.69) is 21.2 Å². The number of hydrogen-bond donors (Lipinski definition) is 5. The summed E-state index contributed by atoms with van der Waals surface area (Å²) >= 11 is 1.33. The number of carbonyl (C=O) groups is 2. The van der Waals surface area contributed by atoms with Gasteiger partial charge in [0.15, 0.2) is 11.5 Å². The summed E-state index contributed by atoms with van der Waals surface area (Å²) in [6.45, 7) is 6.11. The Kier molecular flexibility index (Phi) is 9.94. The van der Waals surface area contributed by atoms with E-state index < -0.39 is 17.9 Å². The van der Waals surface area contributed by atoms with Gasteiger partial charge in [0.05, 0.1) is 18.3 Å². The number of pyridine rings is 1. The molecule has 38 heavy (non-hydrogen) atoms. The van der Waals surface area contributed by atoms with Crippen molar-refractivity contribution in [2.24, 2.45) is 5.73 Å². The third kappa shape index (κ3) is 7.39. The van der Waals surface area contributed by atoms with Crippen LogP contribution in [0.5, 0.6) is 11.5 Å². The summed E-state index contributed by atoms with van der Waals surface area (Å²) in [5, 5.41) is 11.3. The highest BCUT2D eigenvalue weighted by Crippen LogP contribution is 2.33. The van der Waals surface area contributed by atoms with Crippen molar-refractivity contribution in [3.63, 3.8) is 0 Å². The summed E-state index contributed by atoms with van der Waals surface area (Å²) < 4.78 is 11.6. The molecule has 0 aliphatic heterocycles. The molecule has 1 heterocycles. The number of carbonyl (C=O) groups excluding carboxylic acids is 2. The molecule has 2 aromatic carbocycles. The van der Waals surface area contributed by atoms with Crippen LogP contribution in [0.2, 0.25) is 0 Å². The van der Waals surface area contributed by atoms with E-state index in [1.807, 2.05) is 27.0 Å². The van der Waals surface area contributed by atoms with Crippen molar-refractivity contribution in [1.29, 1.82) is 5.41 Å². The third-order valence-corrected chi connectivity index (χ3v) is 5.95. The van der Waals surface area contributed by atoms with Crippen molar-refractivity contribution in [3.05, 3.63) is 77.5 Å². The number of thioether (sulfide) groups is 1. The summed E-state index contributed by atoms with van der Waals surface area (Å²) in [5.41, 5.74) is 12.6. The largest absolute Gasteiger partial charge is 0.490 e. The average molecular weight is 537 g/mol. The van der Waals surface area contributed by atoms with Gasteiger partial charge in [-0.25, -0.2) is 4.98 Å². The number of anilines is 1. The van der Waals surface area contributed by atoms with E-state index in [1.54, 1.807) is 60.8 Å². The molecule has 6 N–H and O–H groups in total. The summed E-state index contributed by atoms with van der Waals surface area (Å²) in [6, 6.07) is 14.4. The van der Waals surface area contributed by atoms with Gasteiger partial charge in [-0.15, -0.1) is 11.8 Å². The van der Waals surface area contributed by atoms with E-state index in [4.69, 9.17) is 20.6 Å². The van der Waals surface area contributed by atoms with Crippen LogP contribution >= 0.6 is 11.8 Å². The number of rotatable bonds is 11. The fourth-order valence-corrected chi connectivity index (χ4v) is 4.07. The zero-order valence-electron chi connectivity index (χ0n) is 21.7. The second-order valence-electron chi connectivity index (χ2n) is 8.38. The zero-order chi connectivity index (χ0) is 27.7. The molecule has 0 spiro atoms. The Morgan fingerprint density at radius 3 is 2.45 bits per heavy atom. The molecule has 1 atom stereocenters. The fourth-order valence-electron chi connectivity index (χ4n) is 3.52. The molecule has 0 fully saturated rings. The number of nitrogens with two attached hydrogens (primary N) is 1. The van der Waals surface area contributed by atoms with Gasteiger partial charge in [0.2, 0.25) is 0 Å². The van der Waals surface area contributed by atoms with Crippen LogP contribution in [0, 0.1) is 5.41 Å². The van der Waals surface area contributed by atoms with Crippen LogP contribution in [0.25, 0.3) is 0 Å². The number of aromatic nitrogens is 1. The molecule has 0 aliphatic rings. The van der Waals surface area contributed by atoms with E-state index in [9.17, 15) is 9.59 Å². The Bertz CT molecular complexity index is 1280. The van der Waals surface area contributed by atoms with Crippen molar-refractivity contribution in [1.82, 2.24) is 15.8 Å². The predicted molar refractivity (Wildman–Crippen MR) is 149 cm³/mol. The number of hydrazine groups is 1. The molecule has 200 valence electrons. The quantitative estimate of drug-likeness (QED) is 0.107. The lowest BCUT2D eigenvalue weighted by atomic mass is 10.0. The van der Waals surface area contributed by atoms with Gasteiger partial charge < -0.3 is 20.5 Å². The van der Waals surface area contributed by atoms with E-state index in [0.717, 1.165) is 0 Å². The van der Waals surface area contributed by atoms with Gasteiger partial charge in [-0.3, -0.25) is 25.8 Å². The van der Waals surface area contributed by atoms with E-state index in [0.29, 0.717) is 45.5 Å². The van der Waals surface area contributed by atoms with Gasteiger partial charge in [-0.2, -0.15) is 0 Å². The third-order valence-electron chi connectivity index (χ3n) is 5.24. The zero-order valence-corrected chi connectivity index (χ0v) is 22.5. The van der Waals surface area contributed by atoms with Crippen molar-refractivity contribution >= 4 is 35.1 Å². The smallest absolute Gasteiger partial charge is 0.272 e. The summed E-state index contributed by atoms with van der Waals surface area (Å²) in [7, 11) is 0. The molecule has 0 saturated heterocycles. The number of nitrogens with zero attached hydrogens (tertiary/aromatic N) is 1. The highest BCUT2D eigenvalue weighted by Gasteiger charge is 2.24. The Morgan fingerprint density at radius 1 is 1.08 bits per heavy atom. The normalized spacial score (nSPS) is 11.4. The first-order chi connectivity index (χ1) is 18.2. The van der Waals surface area contributed by atoms with E-state index in [-0.39, 0.29) is 11.9 Å². The number of hydrogen-bond acceptors (Lipinski definition) is 8. The first-order valence-electron chi connectivity index (χ1n) is 12.0. The number of amides is 2. The number of nitrogen functional groups attached to an aromatic ring is 1. The van der Waals surface area contributed by atoms with Gasteiger partial charge >= 0.3 is 0 Å². The Balaban J connectivity index is 1.90. The second-order valence-corrected chi connectivity index (χ2v) is 9.17. The average Bonchev–Trinajstić information content (AvgIpc) is 2.91. The van der Waals surface area contributed by atoms with Crippen LogP contribution in [0.3, 0.4) is 0 Å². The van der Waals surface area contributed by atoms with Crippen LogP contribution in [0.1, 0.15) is 48.3 Å². The Labute approximate surface area is 226 Å². The first-order valence-corrected chi connectivity index (χ1v) is 13.2. The Morgan fingerprint density at radius 2 is 1.82 bits per heavy atom. The lowest BCUT2D eigenvalue weighted by Gasteiger charge is -2.22. The molecule has 3 aromatic rings. The SMILES string of the molecule is CCOc1cc(C(Nc2ccc(C(=N)N)cc2)C(=O)NNC(=O)c2cccnc2SC)ccc1OC(C)C. The molecule has 10 nitrogen and oxygen atoms in total. The molecule has 3 rings (SSSR count). The molecule has 0 aliphatic carbocycles. The molecule has 1 aromatic heterocycles. The first kappa shape index (κ1) is 28.3. The maximum atomic E-state index is 13.4. The van der Waals surface area contributed by atoms with Gasteiger partial charge in [-0.05, 0) is 81.1 Å². The number of benzene rings is 2. The molecular formula is C27H32N6O4S.